The molecule has 140 valence electrons. The number of ether oxygens (including phenoxy) is 1. The Morgan fingerprint density at radius 2 is 2.15 bits per heavy atom. The van der Waals surface area contributed by atoms with Gasteiger partial charge in [-0.05, 0) is 40.4 Å². The molecule has 2 heterocycles. The van der Waals surface area contributed by atoms with E-state index >= 15 is 0 Å². The number of rotatable bonds is 8. The van der Waals surface area contributed by atoms with E-state index in [4.69, 9.17) is 4.74 Å². The molecule has 7 nitrogen and oxygen atoms in total. The molecule has 26 heavy (non-hydrogen) atoms. The Kier molecular flexibility index (Phi) is 7.32. The molecule has 0 saturated heterocycles. The number of halogens is 1. The summed E-state index contributed by atoms with van der Waals surface area (Å²) in [6.45, 7) is 6.68. The second-order valence-corrected chi connectivity index (χ2v) is 6.89. The first-order valence-corrected chi connectivity index (χ1v) is 9.30. The summed E-state index contributed by atoms with van der Waals surface area (Å²) in [5.74, 6) is -0.390. The summed E-state index contributed by atoms with van der Waals surface area (Å²) in [6, 6.07) is 3.70. The van der Waals surface area contributed by atoms with Crippen molar-refractivity contribution >= 4 is 27.8 Å². The summed E-state index contributed by atoms with van der Waals surface area (Å²) in [7, 11) is 0. The van der Waals surface area contributed by atoms with Crippen LogP contribution in [0.1, 0.15) is 54.9 Å². The number of nitrogens with zero attached hydrogens (tertiary/aromatic N) is 3. The molecule has 0 atom stereocenters. The number of nitrogens with one attached hydrogen (secondary N) is 1. The topological polar surface area (TPSA) is 88.2 Å². The molecule has 2 rings (SSSR count). The molecule has 2 aromatic rings. The van der Waals surface area contributed by atoms with Gasteiger partial charge < -0.3 is 9.64 Å². The highest BCUT2D eigenvalue weighted by molar-refractivity contribution is 9.10. The molecule has 0 bridgehead atoms. The molecule has 0 unspecified atom stereocenters. The van der Waals surface area contributed by atoms with Gasteiger partial charge in [-0.25, -0.2) is 0 Å². The van der Waals surface area contributed by atoms with E-state index in [0.29, 0.717) is 23.3 Å². The zero-order valence-electron chi connectivity index (χ0n) is 15.2. The monoisotopic (exact) mass is 422 g/mol. The molecule has 0 aliphatic carbocycles. The number of amides is 1. The van der Waals surface area contributed by atoms with Crippen LogP contribution < -0.4 is 0 Å². The predicted octanol–water partition coefficient (Wildman–Crippen LogP) is 3.29. The van der Waals surface area contributed by atoms with E-state index in [9.17, 15) is 9.59 Å². The average molecular weight is 423 g/mol. The lowest BCUT2D eigenvalue weighted by Crippen LogP contribution is -2.33. The Hall–Kier alpha value is -2.22. The number of hydrogen-bond acceptors (Lipinski definition) is 5. The van der Waals surface area contributed by atoms with Gasteiger partial charge in [-0.15, -0.1) is 0 Å². The smallest absolute Gasteiger partial charge is 0.307 e. The Labute approximate surface area is 161 Å². The number of H-pyrrole nitrogens is 1. The van der Waals surface area contributed by atoms with Crippen LogP contribution in [0.15, 0.2) is 29.0 Å². The number of hydrogen-bond donors (Lipinski definition) is 1. The zero-order valence-corrected chi connectivity index (χ0v) is 16.7. The number of aromatic nitrogens is 3. The van der Waals surface area contributed by atoms with Crippen LogP contribution in [-0.2, 0) is 16.1 Å². The molecule has 0 fully saturated rings. The molecular formula is C18H23BrN4O3. The van der Waals surface area contributed by atoms with Crippen LogP contribution >= 0.6 is 15.9 Å². The Morgan fingerprint density at radius 3 is 2.73 bits per heavy atom. The standard InChI is InChI=1S/C18H23BrN4O3/c1-4-26-14(24)7-9-23(11-13-6-5-8-20-10-13)18(25)17-15(19)16(12(2)3)21-22-17/h5-6,8,10,12H,4,7,9,11H2,1-3H3,(H,21,22). The van der Waals surface area contributed by atoms with Crippen molar-refractivity contribution in [2.75, 3.05) is 13.2 Å². The van der Waals surface area contributed by atoms with Crippen LogP contribution in [0.3, 0.4) is 0 Å². The fourth-order valence-corrected chi connectivity index (χ4v) is 3.24. The van der Waals surface area contributed by atoms with Gasteiger partial charge in [-0.1, -0.05) is 19.9 Å². The van der Waals surface area contributed by atoms with Gasteiger partial charge in [-0.3, -0.25) is 19.7 Å². The highest BCUT2D eigenvalue weighted by Gasteiger charge is 2.25. The summed E-state index contributed by atoms with van der Waals surface area (Å²) >= 11 is 3.47. The molecule has 0 aromatic carbocycles. The minimum atomic E-state index is -0.333. The molecule has 1 N–H and O–H groups in total. The maximum atomic E-state index is 13.0. The van der Waals surface area contributed by atoms with Crippen molar-refractivity contribution in [3.05, 3.63) is 46.0 Å². The van der Waals surface area contributed by atoms with Crippen molar-refractivity contribution in [1.82, 2.24) is 20.1 Å². The van der Waals surface area contributed by atoms with Gasteiger partial charge in [0.25, 0.3) is 5.91 Å². The van der Waals surface area contributed by atoms with Gasteiger partial charge in [0.05, 0.1) is 23.2 Å². The lowest BCUT2D eigenvalue weighted by atomic mass is 10.1. The predicted molar refractivity (Wildman–Crippen MR) is 101 cm³/mol. The van der Waals surface area contributed by atoms with E-state index in [-0.39, 0.29) is 30.8 Å². The van der Waals surface area contributed by atoms with Crippen molar-refractivity contribution in [1.29, 1.82) is 0 Å². The maximum Gasteiger partial charge on any atom is 0.307 e. The fraction of sp³-hybridized carbons (Fsp3) is 0.444. The van der Waals surface area contributed by atoms with Crippen LogP contribution in [0.25, 0.3) is 0 Å². The van der Waals surface area contributed by atoms with Crippen LogP contribution in [0.5, 0.6) is 0 Å². The first-order valence-electron chi connectivity index (χ1n) is 8.51. The zero-order chi connectivity index (χ0) is 19.1. The van der Waals surface area contributed by atoms with Crippen LogP contribution in [0, 0.1) is 0 Å². The highest BCUT2D eigenvalue weighted by atomic mass is 79.9. The molecule has 0 saturated carbocycles. The van der Waals surface area contributed by atoms with E-state index in [0.717, 1.165) is 11.3 Å². The summed E-state index contributed by atoms with van der Waals surface area (Å²) in [4.78, 5) is 30.4. The Morgan fingerprint density at radius 1 is 1.38 bits per heavy atom. The van der Waals surface area contributed by atoms with Gasteiger partial charge in [0.15, 0.2) is 5.69 Å². The molecular weight excluding hydrogens is 400 g/mol. The first kappa shape index (κ1) is 20.1. The van der Waals surface area contributed by atoms with Crippen LogP contribution in [-0.4, -0.2) is 45.1 Å². The van der Waals surface area contributed by atoms with Crippen molar-refractivity contribution in [2.24, 2.45) is 0 Å². The second kappa shape index (κ2) is 9.47. The fourth-order valence-electron chi connectivity index (χ4n) is 2.44. The quantitative estimate of drug-likeness (QED) is 0.659. The third-order valence-corrected chi connectivity index (χ3v) is 4.59. The third-order valence-electron chi connectivity index (χ3n) is 3.79. The van der Waals surface area contributed by atoms with Crippen molar-refractivity contribution in [2.45, 2.75) is 39.7 Å². The first-order chi connectivity index (χ1) is 12.4. The largest absolute Gasteiger partial charge is 0.466 e. The van der Waals surface area contributed by atoms with Crippen molar-refractivity contribution in [3.8, 4) is 0 Å². The lowest BCUT2D eigenvalue weighted by Gasteiger charge is -2.21. The SMILES string of the molecule is CCOC(=O)CCN(Cc1cccnc1)C(=O)c1n[nH]c(C(C)C)c1Br. The van der Waals surface area contributed by atoms with E-state index in [1.807, 2.05) is 26.0 Å². The molecule has 0 spiro atoms. The number of carbonyl (C=O) groups excluding carboxylic acids is 2. The summed E-state index contributed by atoms with van der Waals surface area (Å²) < 4.78 is 5.62. The molecule has 1 amide bonds. The third kappa shape index (κ3) is 5.14. The van der Waals surface area contributed by atoms with Crippen LogP contribution in [0.2, 0.25) is 0 Å². The van der Waals surface area contributed by atoms with E-state index in [1.54, 1.807) is 24.2 Å². The number of esters is 1. The molecule has 0 radical (unpaired) electrons. The van der Waals surface area contributed by atoms with Crippen LogP contribution in [0.4, 0.5) is 0 Å². The van der Waals surface area contributed by atoms with E-state index in [1.165, 1.54) is 0 Å². The highest BCUT2D eigenvalue weighted by Crippen LogP contribution is 2.26. The minimum Gasteiger partial charge on any atom is -0.466 e. The molecule has 2 aromatic heterocycles. The minimum absolute atomic E-state index is 0.124. The van der Waals surface area contributed by atoms with Crippen molar-refractivity contribution < 1.29 is 14.3 Å². The van der Waals surface area contributed by atoms with Gasteiger partial charge in [0, 0.05) is 25.5 Å². The second-order valence-electron chi connectivity index (χ2n) is 6.10. The summed E-state index contributed by atoms with van der Waals surface area (Å²) in [6.07, 6.45) is 3.50. The van der Waals surface area contributed by atoms with Gasteiger partial charge in [0.2, 0.25) is 0 Å². The number of carbonyl (C=O) groups is 2. The van der Waals surface area contributed by atoms with E-state index in [2.05, 4.69) is 31.1 Å². The van der Waals surface area contributed by atoms with Gasteiger partial charge >= 0.3 is 5.97 Å². The number of pyridine rings is 1. The normalized spacial score (nSPS) is 10.8. The molecule has 8 heteroatoms. The Bertz CT molecular complexity index is 746. The Balaban J connectivity index is 2.21. The number of aromatic amines is 1. The van der Waals surface area contributed by atoms with Crippen molar-refractivity contribution in [3.63, 3.8) is 0 Å². The lowest BCUT2D eigenvalue weighted by molar-refractivity contribution is -0.143. The molecule has 0 aliphatic heterocycles. The summed E-state index contributed by atoms with van der Waals surface area (Å²) in [5.41, 5.74) is 2.04. The average Bonchev–Trinajstić information content (AvgIpc) is 3.01. The molecule has 0 aliphatic rings. The van der Waals surface area contributed by atoms with E-state index < -0.39 is 0 Å². The maximum absolute atomic E-state index is 13.0. The summed E-state index contributed by atoms with van der Waals surface area (Å²) in [5, 5.41) is 7.08. The van der Waals surface area contributed by atoms with Gasteiger partial charge in [0.1, 0.15) is 0 Å². The van der Waals surface area contributed by atoms with Gasteiger partial charge in [-0.2, -0.15) is 5.10 Å².